The highest BCUT2D eigenvalue weighted by atomic mass is 16.7. The zero-order valence-electron chi connectivity index (χ0n) is 53.5. The summed E-state index contributed by atoms with van der Waals surface area (Å²) in [5.41, 5.74) is 0. The second-order valence-electron chi connectivity index (χ2n) is 23.8. The first-order chi connectivity index (χ1) is 40.6. The minimum Gasteiger partial charge on any atom is -0.479 e. The normalized spacial score (nSPS) is 17.8. The zero-order chi connectivity index (χ0) is 60.3. The number of unbranched alkanes of at least 4 members (excludes halogenated alkanes) is 38. The van der Waals surface area contributed by atoms with Gasteiger partial charge in [0.15, 0.2) is 24.6 Å². The van der Waals surface area contributed by atoms with Crippen LogP contribution in [0.3, 0.4) is 0 Å². The van der Waals surface area contributed by atoms with Crippen LogP contribution >= 0.6 is 0 Å². The average molecular weight is 1170 g/mol. The fraction of sp³-hybridized carbons (Fsp3) is 0.831. The number of carbonyl (C=O) groups excluding carboxylic acids is 3. The lowest BCUT2D eigenvalue weighted by atomic mass is 9.98. The number of ether oxygens (including phenoxy) is 5. The van der Waals surface area contributed by atoms with Gasteiger partial charge in [0.1, 0.15) is 18.8 Å². The molecule has 0 aromatic heterocycles. The van der Waals surface area contributed by atoms with E-state index < -0.39 is 67.3 Å². The van der Waals surface area contributed by atoms with Crippen molar-refractivity contribution in [2.75, 3.05) is 13.2 Å². The standard InChI is InChI=1S/C71H126O12/c1-4-7-10-13-16-19-22-25-28-31-32-35-36-39-42-45-48-51-54-57-63(72)79-60-62(81-64(73)58-55-52-49-46-43-40-37-33-29-26-23-20-17-14-11-8-5-2)61-80-71-69(67(76)66(75)68(83-71)70(77)78)82-65(74)59-56-53-50-47-44-41-38-34-30-27-24-21-18-15-12-9-6-3/h9,12,18,21,27,30,38,41,62,66-69,71,75-76H,4-8,10-11,13-17,19-20,22-26,28-29,31-37,39-40,42-61H2,1-3H3,(H,77,78)/b12-9-,21-18-,30-27-,41-38-. The molecule has 0 radical (unpaired) electrons. The molecule has 1 saturated heterocycles. The van der Waals surface area contributed by atoms with Gasteiger partial charge in [-0.15, -0.1) is 0 Å². The molecule has 0 aromatic rings. The van der Waals surface area contributed by atoms with Crippen molar-refractivity contribution in [2.24, 2.45) is 0 Å². The molecule has 1 heterocycles. The lowest BCUT2D eigenvalue weighted by molar-refractivity contribution is -0.301. The number of aliphatic hydroxyl groups excluding tert-OH is 2. The predicted molar refractivity (Wildman–Crippen MR) is 340 cm³/mol. The van der Waals surface area contributed by atoms with Gasteiger partial charge in [0.05, 0.1) is 6.61 Å². The van der Waals surface area contributed by atoms with Crippen LogP contribution in [0.15, 0.2) is 48.6 Å². The molecule has 1 rings (SSSR count). The Labute approximate surface area is 507 Å². The van der Waals surface area contributed by atoms with Crippen molar-refractivity contribution in [1.82, 2.24) is 0 Å². The average Bonchev–Trinajstić information content (AvgIpc) is 3.55. The highest BCUT2D eigenvalue weighted by Crippen LogP contribution is 2.27. The molecule has 0 saturated carbocycles. The number of aliphatic hydroxyl groups is 2. The minimum atomic E-state index is -1.91. The number of hydrogen-bond donors (Lipinski definition) is 3. The maximum Gasteiger partial charge on any atom is 0.335 e. The van der Waals surface area contributed by atoms with E-state index in [0.29, 0.717) is 19.3 Å². The third-order valence-electron chi connectivity index (χ3n) is 15.9. The van der Waals surface area contributed by atoms with E-state index in [1.54, 1.807) is 0 Å². The molecule has 12 heteroatoms. The maximum atomic E-state index is 13.2. The number of carbonyl (C=O) groups is 4. The number of aliphatic carboxylic acids is 1. The van der Waals surface area contributed by atoms with Crippen molar-refractivity contribution >= 4 is 23.9 Å². The van der Waals surface area contributed by atoms with Crippen LogP contribution < -0.4 is 0 Å². The van der Waals surface area contributed by atoms with Crippen molar-refractivity contribution in [1.29, 1.82) is 0 Å². The highest BCUT2D eigenvalue weighted by molar-refractivity contribution is 5.74. The van der Waals surface area contributed by atoms with Crippen molar-refractivity contribution in [2.45, 2.75) is 366 Å². The summed E-state index contributed by atoms with van der Waals surface area (Å²) in [6.07, 6.45) is 60.7. The molecule has 3 N–H and O–H groups in total. The monoisotopic (exact) mass is 1170 g/mol. The van der Waals surface area contributed by atoms with Gasteiger partial charge in [0.2, 0.25) is 0 Å². The number of hydrogen-bond acceptors (Lipinski definition) is 11. The molecule has 12 nitrogen and oxygen atoms in total. The molecule has 0 amide bonds. The summed E-state index contributed by atoms with van der Waals surface area (Å²) >= 11 is 0. The first-order valence-electron chi connectivity index (χ1n) is 34.6. The van der Waals surface area contributed by atoms with Gasteiger partial charge in [-0.25, -0.2) is 4.79 Å². The summed E-state index contributed by atoms with van der Waals surface area (Å²) in [6, 6.07) is 0. The second kappa shape index (κ2) is 59.0. The molecular formula is C71H126O12. The number of rotatable bonds is 60. The predicted octanol–water partition coefficient (Wildman–Crippen LogP) is 18.9. The van der Waals surface area contributed by atoms with E-state index in [2.05, 4.69) is 69.4 Å². The summed E-state index contributed by atoms with van der Waals surface area (Å²) in [5.74, 6) is -3.11. The maximum absolute atomic E-state index is 13.2. The summed E-state index contributed by atoms with van der Waals surface area (Å²) in [6.45, 7) is 5.94. The van der Waals surface area contributed by atoms with Crippen LogP contribution in [0.25, 0.3) is 0 Å². The number of allylic oxidation sites excluding steroid dienone is 8. The minimum absolute atomic E-state index is 0.0352. The largest absolute Gasteiger partial charge is 0.479 e. The van der Waals surface area contributed by atoms with Crippen molar-refractivity contribution in [3.05, 3.63) is 48.6 Å². The van der Waals surface area contributed by atoms with Gasteiger partial charge in [0.25, 0.3) is 0 Å². The molecule has 0 bridgehead atoms. The van der Waals surface area contributed by atoms with Crippen molar-refractivity contribution < 1.29 is 58.2 Å². The molecule has 6 unspecified atom stereocenters. The van der Waals surface area contributed by atoms with Gasteiger partial charge in [-0.2, -0.15) is 0 Å². The molecule has 1 aliphatic heterocycles. The Morgan fingerprint density at radius 2 is 0.759 bits per heavy atom. The van der Waals surface area contributed by atoms with Crippen LogP contribution in [0.1, 0.15) is 329 Å². The molecule has 1 aliphatic rings. The Balaban J connectivity index is 2.63. The van der Waals surface area contributed by atoms with Gasteiger partial charge in [-0.05, 0) is 57.8 Å². The van der Waals surface area contributed by atoms with Gasteiger partial charge >= 0.3 is 23.9 Å². The first-order valence-corrected chi connectivity index (χ1v) is 34.6. The molecule has 482 valence electrons. The number of carboxylic acid groups (broad SMARTS) is 1. The summed E-state index contributed by atoms with van der Waals surface area (Å²) in [5, 5.41) is 31.6. The molecular weight excluding hydrogens is 1040 g/mol. The highest BCUT2D eigenvalue weighted by Gasteiger charge is 2.50. The first kappa shape index (κ1) is 77.7. The van der Waals surface area contributed by atoms with Crippen LogP contribution in [0.4, 0.5) is 0 Å². The Morgan fingerprint density at radius 1 is 0.410 bits per heavy atom. The Hall–Kier alpha value is -3.32. The molecule has 0 aromatic carbocycles. The van der Waals surface area contributed by atoms with Crippen molar-refractivity contribution in [3.8, 4) is 0 Å². The Kier molecular flexibility index (Phi) is 55.3. The number of carboxylic acids is 1. The number of esters is 3. The van der Waals surface area contributed by atoms with Gasteiger partial charge in [0, 0.05) is 19.3 Å². The molecule has 83 heavy (non-hydrogen) atoms. The van der Waals surface area contributed by atoms with Gasteiger partial charge in [-0.1, -0.05) is 301 Å². The van der Waals surface area contributed by atoms with E-state index in [4.69, 9.17) is 23.7 Å². The lowest BCUT2D eigenvalue weighted by Gasteiger charge is -2.40. The molecule has 0 aliphatic carbocycles. The summed E-state index contributed by atoms with van der Waals surface area (Å²) in [7, 11) is 0. The van der Waals surface area contributed by atoms with E-state index in [1.165, 1.54) is 180 Å². The van der Waals surface area contributed by atoms with Gasteiger partial charge < -0.3 is 39.0 Å². The Morgan fingerprint density at radius 3 is 1.16 bits per heavy atom. The fourth-order valence-corrected chi connectivity index (χ4v) is 10.7. The second-order valence-corrected chi connectivity index (χ2v) is 23.8. The van der Waals surface area contributed by atoms with Crippen LogP contribution in [-0.2, 0) is 42.9 Å². The van der Waals surface area contributed by atoms with Crippen LogP contribution in [0, 0.1) is 0 Å². The summed E-state index contributed by atoms with van der Waals surface area (Å²) in [4.78, 5) is 51.4. The smallest absolute Gasteiger partial charge is 0.335 e. The van der Waals surface area contributed by atoms with E-state index in [1.807, 2.05) is 0 Å². The quantitative estimate of drug-likeness (QED) is 0.0228. The topological polar surface area (TPSA) is 175 Å². The van der Waals surface area contributed by atoms with E-state index in [0.717, 1.165) is 89.9 Å². The SMILES string of the molecule is CC/C=C\C/C=C\C/C=C\C/C=C\CCCCCCC(=O)OC1C(OCC(COC(=O)CCCCCCCCCCCCCCCCCCCCC)OC(=O)CCCCCCCCCCCCCCCCCCC)OC(C(=O)O)C(O)C1O. The molecule has 1 fully saturated rings. The molecule has 0 spiro atoms. The summed E-state index contributed by atoms with van der Waals surface area (Å²) < 4.78 is 28.6. The van der Waals surface area contributed by atoms with E-state index in [9.17, 15) is 34.5 Å². The van der Waals surface area contributed by atoms with Crippen LogP contribution in [0.2, 0.25) is 0 Å². The molecule has 6 atom stereocenters. The van der Waals surface area contributed by atoms with Crippen LogP contribution in [-0.4, -0.2) is 89.2 Å². The fourth-order valence-electron chi connectivity index (χ4n) is 10.7. The lowest BCUT2D eigenvalue weighted by Crippen LogP contribution is -2.61. The zero-order valence-corrected chi connectivity index (χ0v) is 53.5. The Bertz CT molecular complexity index is 1630. The van der Waals surface area contributed by atoms with E-state index in [-0.39, 0.29) is 25.9 Å². The third-order valence-corrected chi connectivity index (χ3v) is 15.9. The van der Waals surface area contributed by atoms with Crippen molar-refractivity contribution in [3.63, 3.8) is 0 Å². The van der Waals surface area contributed by atoms with E-state index >= 15 is 0 Å². The van der Waals surface area contributed by atoms with Crippen LogP contribution in [0.5, 0.6) is 0 Å². The third kappa shape index (κ3) is 48.5. The van der Waals surface area contributed by atoms with Gasteiger partial charge in [-0.3, -0.25) is 14.4 Å².